The Morgan fingerprint density at radius 3 is 2.67 bits per heavy atom. The first-order valence-electron chi connectivity index (χ1n) is 6.53. The third-order valence-corrected chi connectivity index (χ3v) is 2.98. The highest BCUT2D eigenvalue weighted by Crippen LogP contribution is 2.14. The lowest BCUT2D eigenvalue weighted by atomic mass is 10.1. The monoisotopic (exact) mass is 287 g/mol. The van der Waals surface area contributed by atoms with Crippen molar-refractivity contribution in [2.45, 2.75) is 13.0 Å². The number of amides is 2. The summed E-state index contributed by atoms with van der Waals surface area (Å²) in [5, 5.41) is 5.69. The number of nitrogens with one attached hydrogen (secondary N) is 2. The number of carbonyl (C=O) groups excluding carboxylic acids is 2. The number of anilines is 1. The fourth-order valence-corrected chi connectivity index (χ4v) is 1.93. The highest BCUT2D eigenvalue weighted by molar-refractivity contribution is 5.99. The van der Waals surface area contributed by atoms with Gasteiger partial charge < -0.3 is 20.8 Å². The first-order chi connectivity index (χ1) is 10.1. The van der Waals surface area contributed by atoms with Gasteiger partial charge in [-0.1, -0.05) is 12.1 Å². The number of rotatable bonds is 6. The van der Waals surface area contributed by atoms with Crippen LogP contribution in [0.3, 0.4) is 0 Å². The highest BCUT2D eigenvalue weighted by Gasteiger charge is 2.12. The largest absolute Gasteiger partial charge is 0.467 e. The maximum absolute atomic E-state index is 11.9. The molecule has 6 nitrogen and oxygen atoms in total. The molecule has 0 aliphatic carbocycles. The minimum atomic E-state index is -0.539. The van der Waals surface area contributed by atoms with Crippen molar-refractivity contribution in [2.24, 2.45) is 5.73 Å². The van der Waals surface area contributed by atoms with Crippen molar-refractivity contribution < 1.29 is 14.0 Å². The van der Waals surface area contributed by atoms with Gasteiger partial charge in [-0.25, -0.2) is 0 Å². The number of furan rings is 1. The highest BCUT2D eigenvalue weighted by atomic mass is 16.3. The predicted molar refractivity (Wildman–Crippen MR) is 78.7 cm³/mol. The molecule has 0 aliphatic rings. The van der Waals surface area contributed by atoms with Crippen molar-refractivity contribution in [1.82, 2.24) is 5.32 Å². The molecule has 0 saturated carbocycles. The second-order valence-electron chi connectivity index (χ2n) is 4.57. The van der Waals surface area contributed by atoms with Crippen LogP contribution in [0, 0.1) is 0 Å². The number of hydrogen-bond acceptors (Lipinski definition) is 4. The standard InChI is InChI=1S/C15H17N3O3/c1-10(13-7-4-8-21-13)18-14(19)9-17-12-6-3-2-5-11(12)15(16)20/h2-8,10,17H,9H2,1H3,(H2,16,20)(H,18,19). The lowest BCUT2D eigenvalue weighted by Crippen LogP contribution is -2.32. The molecular weight excluding hydrogens is 270 g/mol. The van der Waals surface area contributed by atoms with Crippen molar-refractivity contribution in [2.75, 3.05) is 11.9 Å². The summed E-state index contributed by atoms with van der Waals surface area (Å²) in [6, 6.07) is 10.1. The molecule has 2 rings (SSSR count). The maximum atomic E-state index is 11.9. The molecule has 0 radical (unpaired) electrons. The van der Waals surface area contributed by atoms with Crippen molar-refractivity contribution in [3.8, 4) is 0 Å². The average Bonchev–Trinajstić information content (AvgIpc) is 2.99. The van der Waals surface area contributed by atoms with E-state index >= 15 is 0 Å². The van der Waals surface area contributed by atoms with Gasteiger partial charge in [0.1, 0.15) is 5.76 Å². The van der Waals surface area contributed by atoms with E-state index in [0.717, 1.165) is 0 Å². The number of primary amides is 1. The summed E-state index contributed by atoms with van der Waals surface area (Å²) in [6.45, 7) is 1.86. The Labute approximate surface area is 122 Å². The van der Waals surface area contributed by atoms with E-state index in [2.05, 4.69) is 10.6 Å². The third kappa shape index (κ3) is 3.85. The van der Waals surface area contributed by atoms with Gasteiger partial charge in [-0.3, -0.25) is 9.59 Å². The molecule has 0 fully saturated rings. The van der Waals surface area contributed by atoms with Crippen LogP contribution in [0.1, 0.15) is 29.1 Å². The van der Waals surface area contributed by atoms with Crippen molar-refractivity contribution in [3.63, 3.8) is 0 Å². The summed E-state index contributed by atoms with van der Waals surface area (Å²) in [5.41, 5.74) is 6.16. The van der Waals surface area contributed by atoms with Gasteiger partial charge in [-0.2, -0.15) is 0 Å². The summed E-state index contributed by atoms with van der Waals surface area (Å²) in [5.74, 6) is -0.0680. The van der Waals surface area contributed by atoms with Crippen LogP contribution in [-0.2, 0) is 4.79 Å². The molecule has 110 valence electrons. The average molecular weight is 287 g/mol. The molecule has 1 aromatic carbocycles. The Morgan fingerprint density at radius 1 is 1.24 bits per heavy atom. The second-order valence-corrected chi connectivity index (χ2v) is 4.57. The SMILES string of the molecule is CC(NC(=O)CNc1ccccc1C(N)=O)c1ccco1. The fraction of sp³-hybridized carbons (Fsp3) is 0.200. The van der Waals surface area contributed by atoms with Crippen LogP contribution in [-0.4, -0.2) is 18.4 Å². The normalized spacial score (nSPS) is 11.7. The molecule has 1 atom stereocenters. The van der Waals surface area contributed by atoms with Crippen LogP contribution in [0.15, 0.2) is 47.1 Å². The Kier molecular flexibility index (Phi) is 4.61. The Balaban J connectivity index is 1.91. The molecule has 1 aromatic heterocycles. The summed E-state index contributed by atoms with van der Waals surface area (Å²) in [4.78, 5) is 23.1. The van der Waals surface area contributed by atoms with E-state index < -0.39 is 5.91 Å². The van der Waals surface area contributed by atoms with Crippen LogP contribution in [0.5, 0.6) is 0 Å². The van der Waals surface area contributed by atoms with E-state index in [1.807, 2.05) is 6.92 Å². The number of hydrogen-bond donors (Lipinski definition) is 3. The molecular formula is C15H17N3O3. The summed E-state index contributed by atoms with van der Waals surface area (Å²) >= 11 is 0. The van der Waals surface area contributed by atoms with E-state index in [-0.39, 0.29) is 18.5 Å². The Hall–Kier alpha value is -2.76. The number of nitrogens with two attached hydrogens (primary N) is 1. The molecule has 6 heteroatoms. The zero-order chi connectivity index (χ0) is 15.2. The van der Waals surface area contributed by atoms with Gasteiger partial charge in [-0.05, 0) is 31.2 Å². The van der Waals surface area contributed by atoms with E-state index in [4.69, 9.17) is 10.2 Å². The van der Waals surface area contributed by atoms with Crippen LogP contribution < -0.4 is 16.4 Å². The van der Waals surface area contributed by atoms with E-state index in [0.29, 0.717) is 17.0 Å². The Morgan fingerprint density at radius 2 is 2.00 bits per heavy atom. The molecule has 1 unspecified atom stereocenters. The molecule has 2 amide bonds. The number of carbonyl (C=O) groups is 2. The number of benzene rings is 1. The van der Waals surface area contributed by atoms with Gasteiger partial charge in [-0.15, -0.1) is 0 Å². The summed E-state index contributed by atoms with van der Waals surface area (Å²) in [7, 11) is 0. The summed E-state index contributed by atoms with van der Waals surface area (Å²) < 4.78 is 5.21. The number of para-hydroxylation sites is 1. The van der Waals surface area contributed by atoms with Crippen LogP contribution in [0.2, 0.25) is 0 Å². The topological polar surface area (TPSA) is 97.4 Å². The summed E-state index contributed by atoms with van der Waals surface area (Å²) in [6.07, 6.45) is 1.55. The quantitative estimate of drug-likeness (QED) is 0.752. The van der Waals surface area contributed by atoms with Crippen LogP contribution in [0.4, 0.5) is 5.69 Å². The van der Waals surface area contributed by atoms with E-state index in [1.165, 1.54) is 0 Å². The van der Waals surface area contributed by atoms with Crippen LogP contribution >= 0.6 is 0 Å². The van der Waals surface area contributed by atoms with Crippen molar-refractivity contribution >= 4 is 17.5 Å². The predicted octanol–water partition coefficient (Wildman–Crippen LogP) is 1.67. The molecule has 0 saturated heterocycles. The minimum absolute atomic E-state index is 0.0370. The Bertz CT molecular complexity index is 623. The molecule has 0 bridgehead atoms. The van der Waals surface area contributed by atoms with Gasteiger partial charge in [0.2, 0.25) is 5.91 Å². The zero-order valence-corrected chi connectivity index (χ0v) is 11.6. The van der Waals surface area contributed by atoms with E-state index in [1.54, 1.807) is 42.7 Å². The van der Waals surface area contributed by atoms with Crippen molar-refractivity contribution in [1.29, 1.82) is 0 Å². The molecule has 2 aromatic rings. The van der Waals surface area contributed by atoms with Gasteiger partial charge >= 0.3 is 0 Å². The van der Waals surface area contributed by atoms with Gasteiger partial charge in [0.25, 0.3) is 5.91 Å². The van der Waals surface area contributed by atoms with Gasteiger partial charge in [0.15, 0.2) is 0 Å². The molecule has 21 heavy (non-hydrogen) atoms. The second kappa shape index (κ2) is 6.60. The van der Waals surface area contributed by atoms with Gasteiger partial charge in [0, 0.05) is 5.69 Å². The minimum Gasteiger partial charge on any atom is -0.467 e. The maximum Gasteiger partial charge on any atom is 0.250 e. The van der Waals surface area contributed by atoms with Crippen molar-refractivity contribution in [3.05, 3.63) is 54.0 Å². The van der Waals surface area contributed by atoms with Gasteiger partial charge in [0.05, 0.1) is 24.4 Å². The van der Waals surface area contributed by atoms with Crippen LogP contribution in [0.25, 0.3) is 0 Å². The molecule has 0 aliphatic heterocycles. The zero-order valence-electron chi connectivity index (χ0n) is 11.6. The first-order valence-corrected chi connectivity index (χ1v) is 6.53. The fourth-order valence-electron chi connectivity index (χ4n) is 1.93. The lowest BCUT2D eigenvalue weighted by Gasteiger charge is -2.13. The smallest absolute Gasteiger partial charge is 0.250 e. The molecule has 4 N–H and O–H groups in total. The molecule has 0 spiro atoms. The first kappa shape index (κ1) is 14.6. The van der Waals surface area contributed by atoms with E-state index in [9.17, 15) is 9.59 Å². The lowest BCUT2D eigenvalue weighted by molar-refractivity contribution is -0.120. The third-order valence-electron chi connectivity index (χ3n) is 2.98. The molecule has 1 heterocycles.